The number of aliphatic hydroxyl groups excluding tert-OH is 1. The molecule has 1 aliphatic heterocycles. The number of aliphatic hydroxyl groups is 1. The number of nitro groups is 1. The number of rotatable bonds is 8. The van der Waals surface area contributed by atoms with Crippen LogP contribution in [0.1, 0.15) is 28.8 Å². The van der Waals surface area contributed by atoms with Gasteiger partial charge in [0, 0.05) is 24.7 Å². The number of carbonyl (C=O) groups excluding carboxylic acids is 2. The highest BCUT2D eigenvalue weighted by atomic mass is 16.6. The summed E-state index contributed by atoms with van der Waals surface area (Å²) in [7, 11) is 2.86. The van der Waals surface area contributed by atoms with Crippen LogP contribution in [0, 0.1) is 10.1 Å². The number of benzene rings is 2. The van der Waals surface area contributed by atoms with E-state index in [1.165, 1.54) is 50.6 Å². The molecule has 0 spiro atoms. The van der Waals surface area contributed by atoms with Crippen molar-refractivity contribution in [3.8, 4) is 11.5 Å². The molecule has 2 amide bonds. The molecule has 0 bridgehead atoms. The van der Waals surface area contributed by atoms with Crippen LogP contribution in [0.15, 0.2) is 36.4 Å². The molecular formula is C22H25N3O8. The third kappa shape index (κ3) is 5.50. The lowest BCUT2D eigenvalue weighted by atomic mass is 10.1. The highest BCUT2D eigenvalue weighted by molar-refractivity contribution is 6.03. The Bertz CT molecular complexity index is 1030. The standard InChI is InChI=1S/C22H25N3O8/c1-31-19-10-17(21(27)24-9-3-4-16(24)12-26)18(11-20(19)32-2)23-22(28)33-13-14-5-7-15(8-6-14)25(29)30/h5-8,10-11,16,26H,3-4,9,12-13H2,1-2H3,(H,23,28)/t16-/m0/s1. The lowest BCUT2D eigenvalue weighted by Crippen LogP contribution is -2.38. The maximum Gasteiger partial charge on any atom is 0.411 e. The van der Waals surface area contributed by atoms with E-state index in [1.807, 2.05) is 0 Å². The van der Waals surface area contributed by atoms with E-state index in [-0.39, 0.29) is 42.1 Å². The van der Waals surface area contributed by atoms with Crippen LogP contribution < -0.4 is 14.8 Å². The number of nitrogens with one attached hydrogen (secondary N) is 1. The predicted octanol–water partition coefficient (Wildman–Crippen LogP) is 2.96. The molecule has 1 fully saturated rings. The molecular weight excluding hydrogens is 434 g/mol. The number of nitrogens with zero attached hydrogens (tertiary/aromatic N) is 2. The number of methoxy groups -OCH3 is 2. The monoisotopic (exact) mass is 459 g/mol. The van der Waals surface area contributed by atoms with Crippen molar-refractivity contribution in [1.82, 2.24) is 4.90 Å². The van der Waals surface area contributed by atoms with Gasteiger partial charge in [0.05, 0.1) is 43.0 Å². The van der Waals surface area contributed by atoms with E-state index in [9.17, 15) is 24.8 Å². The van der Waals surface area contributed by atoms with Gasteiger partial charge in [0.1, 0.15) is 6.61 Å². The second-order valence-electron chi connectivity index (χ2n) is 7.35. The van der Waals surface area contributed by atoms with Crippen molar-refractivity contribution in [3.05, 3.63) is 57.6 Å². The van der Waals surface area contributed by atoms with Crippen LogP contribution >= 0.6 is 0 Å². The van der Waals surface area contributed by atoms with E-state index in [0.717, 1.165) is 6.42 Å². The van der Waals surface area contributed by atoms with Crippen molar-refractivity contribution in [1.29, 1.82) is 0 Å². The molecule has 2 aromatic carbocycles. The summed E-state index contributed by atoms with van der Waals surface area (Å²) in [5.74, 6) is 0.253. The zero-order valence-corrected chi connectivity index (χ0v) is 18.3. The molecule has 2 N–H and O–H groups in total. The summed E-state index contributed by atoms with van der Waals surface area (Å²) in [6.45, 7) is 0.209. The zero-order chi connectivity index (χ0) is 24.0. The van der Waals surface area contributed by atoms with Gasteiger partial charge in [0.25, 0.3) is 11.6 Å². The van der Waals surface area contributed by atoms with Gasteiger partial charge in [-0.25, -0.2) is 4.79 Å². The Balaban J connectivity index is 1.79. The molecule has 33 heavy (non-hydrogen) atoms. The lowest BCUT2D eigenvalue weighted by molar-refractivity contribution is -0.384. The predicted molar refractivity (Wildman–Crippen MR) is 118 cm³/mol. The van der Waals surface area contributed by atoms with Gasteiger partial charge in [0.2, 0.25) is 0 Å². The van der Waals surface area contributed by atoms with Crippen LogP contribution in [-0.2, 0) is 11.3 Å². The van der Waals surface area contributed by atoms with Crippen molar-refractivity contribution < 1.29 is 33.8 Å². The smallest absolute Gasteiger partial charge is 0.411 e. The number of non-ortho nitro benzene ring substituents is 1. The second kappa shape index (κ2) is 10.6. The molecule has 2 aromatic rings. The number of amides is 2. The summed E-state index contributed by atoms with van der Waals surface area (Å²) in [6, 6.07) is 8.24. The molecule has 0 aromatic heterocycles. The maximum atomic E-state index is 13.2. The highest BCUT2D eigenvalue weighted by Gasteiger charge is 2.31. The summed E-state index contributed by atoms with van der Waals surface area (Å²) in [5.41, 5.74) is 0.817. The van der Waals surface area contributed by atoms with Crippen LogP contribution in [0.2, 0.25) is 0 Å². The van der Waals surface area contributed by atoms with Crippen LogP contribution in [0.5, 0.6) is 11.5 Å². The molecule has 3 rings (SSSR count). The number of carbonyl (C=O) groups is 2. The minimum absolute atomic E-state index is 0.0696. The van der Waals surface area contributed by atoms with Crippen molar-refractivity contribution in [3.63, 3.8) is 0 Å². The largest absolute Gasteiger partial charge is 0.493 e. The fourth-order valence-electron chi connectivity index (χ4n) is 3.62. The van der Waals surface area contributed by atoms with Crippen molar-refractivity contribution in [2.24, 2.45) is 0 Å². The van der Waals surface area contributed by atoms with Crippen molar-refractivity contribution >= 4 is 23.4 Å². The van der Waals surface area contributed by atoms with E-state index >= 15 is 0 Å². The van der Waals surface area contributed by atoms with E-state index in [1.54, 1.807) is 4.90 Å². The van der Waals surface area contributed by atoms with Gasteiger partial charge in [-0.2, -0.15) is 0 Å². The first-order chi connectivity index (χ1) is 15.9. The molecule has 1 saturated heterocycles. The molecule has 176 valence electrons. The molecule has 0 unspecified atom stereocenters. The van der Waals surface area contributed by atoms with Crippen molar-refractivity contribution in [2.75, 3.05) is 32.7 Å². The Morgan fingerprint density at radius 3 is 2.45 bits per heavy atom. The van der Waals surface area contributed by atoms with E-state index in [0.29, 0.717) is 30.0 Å². The van der Waals surface area contributed by atoms with E-state index in [2.05, 4.69) is 5.32 Å². The molecule has 11 heteroatoms. The summed E-state index contributed by atoms with van der Waals surface area (Å²) in [5, 5.41) is 22.9. The fraction of sp³-hybridized carbons (Fsp3) is 0.364. The van der Waals surface area contributed by atoms with Crippen LogP contribution in [-0.4, -0.2) is 60.3 Å². The molecule has 1 heterocycles. The van der Waals surface area contributed by atoms with Gasteiger partial charge < -0.3 is 24.2 Å². The number of likely N-dealkylation sites (tertiary alicyclic amines) is 1. The first kappa shape index (κ1) is 23.8. The first-order valence-corrected chi connectivity index (χ1v) is 10.2. The Morgan fingerprint density at radius 1 is 1.18 bits per heavy atom. The second-order valence-corrected chi connectivity index (χ2v) is 7.35. The van der Waals surface area contributed by atoms with Gasteiger partial charge in [-0.15, -0.1) is 0 Å². The topological polar surface area (TPSA) is 140 Å². The first-order valence-electron chi connectivity index (χ1n) is 10.2. The molecule has 0 saturated carbocycles. The Labute approximate surface area is 190 Å². The third-order valence-corrected chi connectivity index (χ3v) is 5.36. The third-order valence-electron chi connectivity index (χ3n) is 5.36. The van der Waals surface area contributed by atoms with Gasteiger partial charge in [0.15, 0.2) is 11.5 Å². The maximum absolute atomic E-state index is 13.2. The Kier molecular flexibility index (Phi) is 7.67. The van der Waals surface area contributed by atoms with E-state index < -0.39 is 11.0 Å². The lowest BCUT2D eigenvalue weighted by Gasteiger charge is -2.25. The molecule has 11 nitrogen and oxygen atoms in total. The minimum Gasteiger partial charge on any atom is -0.493 e. The number of nitro benzene ring substituents is 1. The van der Waals surface area contributed by atoms with Crippen molar-refractivity contribution in [2.45, 2.75) is 25.5 Å². The van der Waals surface area contributed by atoms with Gasteiger partial charge >= 0.3 is 6.09 Å². The molecule has 0 radical (unpaired) electrons. The van der Waals surface area contributed by atoms with Gasteiger partial charge in [-0.1, -0.05) is 0 Å². The average Bonchev–Trinajstić information content (AvgIpc) is 3.31. The molecule has 1 aliphatic rings. The molecule has 0 aliphatic carbocycles. The summed E-state index contributed by atoms with van der Waals surface area (Å²) >= 11 is 0. The summed E-state index contributed by atoms with van der Waals surface area (Å²) in [6.07, 6.45) is 0.634. The summed E-state index contributed by atoms with van der Waals surface area (Å²) in [4.78, 5) is 37.5. The minimum atomic E-state index is -0.824. The SMILES string of the molecule is COc1cc(NC(=O)OCc2ccc([N+](=O)[O-])cc2)c(C(=O)N2CCC[C@H]2CO)cc1OC. The number of anilines is 1. The van der Waals surface area contributed by atoms with Gasteiger partial charge in [-0.3, -0.25) is 20.2 Å². The van der Waals surface area contributed by atoms with Crippen LogP contribution in [0.25, 0.3) is 0 Å². The summed E-state index contributed by atoms with van der Waals surface area (Å²) < 4.78 is 15.8. The van der Waals surface area contributed by atoms with Gasteiger partial charge in [-0.05, 0) is 36.6 Å². The quantitative estimate of drug-likeness (QED) is 0.453. The number of hydrogen-bond donors (Lipinski definition) is 2. The Hall–Kier alpha value is -3.86. The Morgan fingerprint density at radius 2 is 1.85 bits per heavy atom. The highest BCUT2D eigenvalue weighted by Crippen LogP contribution is 2.35. The van der Waals surface area contributed by atoms with Crippen LogP contribution in [0.3, 0.4) is 0 Å². The number of ether oxygens (including phenoxy) is 3. The van der Waals surface area contributed by atoms with Crippen LogP contribution in [0.4, 0.5) is 16.2 Å². The number of hydrogen-bond acceptors (Lipinski definition) is 8. The normalized spacial score (nSPS) is 15.1. The average molecular weight is 459 g/mol. The molecule has 1 atom stereocenters. The fourth-order valence-corrected chi connectivity index (χ4v) is 3.62. The zero-order valence-electron chi connectivity index (χ0n) is 18.3. The van der Waals surface area contributed by atoms with E-state index in [4.69, 9.17) is 14.2 Å².